The van der Waals surface area contributed by atoms with Gasteiger partial charge >= 0.3 is 5.97 Å². The lowest BCUT2D eigenvalue weighted by molar-refractivity contribution is 0.0734. The molecule has 0 amide bonds. The summed E-state index contributed by atoms with van der Waals surface area (Å²) < 4.78 is 31.0. The Hall–Kier alpha value is -2.67. The number of benzene rings is 3. The zero-order chi connectivity index (χ0) is 20.3. The number of sulfonamides is 1. The Labute approximate surface area is 169 Å². The average molecular weight is 416 g/mol. The number of esters is 1. The number of hydrogen-bond donors (Lipinski definition) is 0. The lowest BCUT2D eigenvalue weighted by Gasteiger charge is -2.13. The van der Waals surface area contributed by atoms with Crippen molar-refractivity contribution in [2.75, 3.05) is 14.1 Å². The predicted octanol–water partition coefficient (Wildman–Crippen LogP) is 4.48. The van der Waals surface area contributed by atoms with Crippen LogP contribution in [0.5, 0.6) is 5.75 Å². The molecule has 5 nitrogen and oxygen atoms in total. The van der Waals surface area contributed by atoms with E-state index in [1.807, 2.05) is 42.5 Å². The summed E-state index contributed by atoms with van der Waals surface area (Å²) in [5.74, 6) is -0.394. The number of rotatable bonds is 5. The molecule has 0 aliphatic rings. The van der Waals surface area contributed by atoms with Gasteiger partial charge in [0, 0.05) is 14.1 Å². The molecule has 3 rings (SSSR count). The topological polar surface area (TPSA) is 63.7 Å². The molecule has 0 aromatic heterocycles. The molecule has 0 bridgehead atoms. The van der Waals surface area contributed by atoms with E-state index in [4.69, 9.17) is 16.3 Å². The van der Waals surface area contributed by atoms with E-state index < -0.39 is 16.0 Å². The lowest BCUT2D eigenvalue weighted by atomic mass is 10.1. The summed E-state index contributed by atoms with van der Waals surface area (Å²) in [4.78, 5) is 12.5. The van der Waals surface area contributed by atoms with Crippen LogP contribution in [0.1, 0.15) is 10.4 Å². The van der Waals surface area contributed by atoms with Gasteiger partial charge in [-0.1, -0.05) is 54.1 Å². The van der Waals surface area contributed by atoms with Crippen LogP contribution in [0.15, 0.2) is 77.7 Å². The molecule has 0 spiro atoms. The molecule has 3 aromatic carbocycles. The van der Waals surface area contributed by atoms with E-state index in [0.29, 0.717) is 5.75 Å². The Morgan fingerprint density at radius 3 is 2.11 bits per heavy atom. The van der Waals surface area contributed by atoms with Crippen molar-refractivity contribution in [3.63, 3.8) is 0 Å². The molecule has 28 heavy (non-hydrogen) atoms. The van der Waals surface area contributed by atoms with Crippen molar-refractivity contribution < 1.29 is 17.9 Å². The molecule has 0 saturated heterocycles. The van der Waals surface area contributed by atoms with Crippen LogP contribution in [0.2, 0.25) is 5.02 Å². The van der Waals surface area contributed by atoms with E-state index >= 15 is 0 Å². The molecule has 0 fully saturated rings. The molecule has 144 valence electrons. The van der Waals surface area contributed by atoms with Gasteiger partial charge in [-0.3, -0.25) is 0 Å². The molecule has 0 unspecified atom stereocenters. The molecule has 0 heterocycles. The highest BCUT2D eigenvalue weighted by Gasteiger charge is 2.21. The molecule has 0 aliphatic heterocycles. The first-order valence-electron chi connectivity index (χ1n) is 8.39. The van der Waals surface area contributed by atoms with Crippen LogP contribution in [0.25, 0.3) is 11.1 Å². The van der Waals surface area contributed by atoms with E-state index in [0.717, 1.165) is 15.4 Å². The van der Waals surface area contributed by atoms with Crippen LogP contribution in [-0.4, -0.2) is 32.8 Å². The Balaban J connectivity index is 1.83. The van der Waals surface area contributed by atoms with Gasteiger partial charge in [0.25, 0.3) is 0 Å². The van der Waals surface area contributed by atoms with E-state index in [2.05, 4.69) is 0 Å². The smallest absolute Gasteiger partial charge is 0.345 e. The average Bonchev–Trinajstić information content (AvgIpc) is 2.69. The minimum absolute atomic E-state index is 0.0169. The molecular formula is C21H18ClNO4S. The number of nitrogens with zero attached hydrogens (tertiary/aromatic N) is 1. The first-order valence-corrected chi connectivity index (χ1v) is 10.2. The zero-order valence-corrected chi connectivity index (χ0v) is 16.9. The quantitative estimate of drug-likeness (QED) is 0.455. The summed E-state index contributed by atoms with van der Waals surface area (Å²) in [6, 6.07) is 20.8. The van der Waals surface area contributed by atoms with Crippen molar-refractivity contribution in [2.45, 2.75) is 4.90 Å². The highest BCUT2D eigenvalue weighted by molar-refractivity contribution is 7.89. The molecule has 7 heteroatoms. The van der Waals surface area contributed by atoms with Gasteiger partial charge in [0.2, 0.25) is 10.0 Å². The third-order valence-corrected chi connectivity index (χ3v) is 6.25. The lowest BCUT2D eigenvalue weighted by Crippen LogP contribution is -2.22. The van der Waals surface area contributed by atoms with E-state index in [1.54, 1.807) is 12.1 Å². The maximum Gasteiger partial charge on any atom is 0.345 e. The third-order valence-electron chi connectivity index (χ3n) is 4.11. The monoisotopic (exact) mass is 415 g/mol. The van der Waals surface area contributed by atoms with E-state index in [9.17, 15) is 13.2 Å². The summed E-state index contributed by atoms with van der Waals surface area (Å²) in [7, 11) is -0.866. The van der Waals surface area contributed by atoms with Crippen molar-refractivity contribution in [2.24, 2.45) is 0 Å². The second-order valence-corrected chi connectivity index (χ2v) is 8.77. The van der Waals surface area contributed by atoms with Gasteiger partial charge < -0.3 is 4.74 Å². The molecule has 0 atom stereocenters. The third kappa shape index (κ3) is 4.25. The Morgan fingerprint density at radius 1 is 0.893 bits per heavy atom. The Morgan fingerprint density at radius 2 is 1.50 bits per heavy atom. The highest BCUT2D eigenvalue weighted by Crippen LogP contribution is 2.25. The predicted molar refractivity (Wildman–Crippen MR) is 109 cm³/mol. The van der Waals surface area contributed by atoms with E-state index in [-0.39, 0.29) is 15.5 Å². The van der Waals surface area contributed by atoms with Gasteiger partial charge in [-0.2, -0.15) is 0 Å². The molecule has 3 aromatic rings. The van der Waals surface area contributed by atoms with Crippen molar-refractivity contribution >= 4 is 27.6 Å². The van der Waals surface area contributed by atoms with Crippen molar-refractivity contribution in [1.82, 2.24) is 4.31 Å². The molecule has 0 radical (unpaired) electrons. The van der Waals surface area contributed by atoms with Crippen LogP contribution in [-0.2, 0) is 10.0 Å². The van der Waals surface area contributed by atoms with Crippen molar-refractivity contribution in [3.8, 4) is 16.9 Å². The van der Waals surface area contributed by atoms with Crippen LogP contribution in [0.4, 0.5) is 0 Å². The second kappa shape index (κ2) is 8.14. The number of halogens is 1. The van der Waals surface area contributed by atoms with Crippen LogP contribution in [0.3, 0.4) is 0 Å². The number of hydrogen-bond acceptors (Lipinski definition) is 4. The first-order chi connectivity index (χ1) is 13.3. The van der Waals surface area contributed by atoms with Crippen LogP contribution >= 0.6 is 11.6 Å². The fraction of sp³-hybridized carbons (Fsp3) is 0.0952. The van der Waals surface area contributed by atoms with Gasteiger partial charge in [0.1, 0.15) is 5.75 Å². The van der Waals surface area contributed by atoms with Gasteiger partial charge in [0.05, 0.1) is 15.5 Å². The second-order valence-electron chi connectivity index (χ2n) is 6.21. The van der Waals surface area contributed by atoms with Crippen LogP contribution in [0, 0.1) is 0 Å². The summed E-state index contributed by atoms with van der Waals surface area (Å²) >= 11 is 6.08. The fourth-order valence-electron chi connectivity index (χ4n) is 2.54. The zero-order valence-electron chi connectivity index (χ0n) is 15.3. The largest absolute Gasteiger partial charge is 0.423 e. The minimum Gasteiger partial charge on any atom is -0.423 e. The number of carbonyl (C=O) groups is 1. The minimum atomic E-state index is -3.69. The maximum absolute atomic E-state index is 12.5. The molecular weight excluding hydrogens is 398 g/mol. The van der Waals surface area contributed by atoms with Crippen molar-refractivity contribution in [1.29, 1.82) is 0 Å². The van der Waals surface area contributed by atoms with Gasteiger partial charge in [-0.25, -0.2) is 17.5 Å². The van der Waals surface area contributed by atoms with Gasteiger partial charge in [-0.15, -0.1) is 0 Å². The molecule has 0 aliphatic carbocycles. The Bertz CT molecular complexity index is 1100. The first kappa shape index (κ1) is 20.1. The molecule has 0 N–H and O–H groups in total. The Kier molecular flexibility index (Phi) is 5.84. The van der Waals surface area contributed by atoms with Gasteiger partial charge in [-0.05, 0) is 41.5 Å². The number of ether oxygens (including phenoxy) is 1. The fourth-order valence-corrected chi connectivity index (χ4v) is 3.66. The highest BCUT2D eigenvalue weighted by atomic mass is 35.5. The summed E-state index contributed by atoms with van der Waals surface area (Å²) in [6.45, 7) is 0. The summed E-state index contributed by atoms with van der Waals surface area (Å²) in [6.07, 6.45) is 0. The van der Waals surface area contributed by atoms with Crippen LogP contribution < -0.4 is 4.74 Å². The summed E-state index contributed by atoms with van der Waals surface area (Å²) in [5.41, 5.74) is 2.01. The summed E-state index contributed by atoms with van der Waals surface area (Å²) in [5, 5.41) is 0.114. The SMILES string of the molecule is CN(C)S(=O)(=O)c1ccc(Cl)c(C(=O)Oc2ccc(-c3ccccc3)cc2)c1. The maximum atomic E-state index is 12.5. The van der Waals surface area contributed by atoms with Crippen molar-refractivity contribution in [3.05, 3.63) is 83.4 Å². The standard InChI is InChI=1S/C21H18ClNO4S/c1-23(2)28(25,26)18-12-13-20(22)19(14-18)21(24)27-17-10-8-16(9-11-17)15-6-4-3-5-7-15/h3-14H,1-2H3. The molecule has 0 saturated carbocycles. The van der Waals surface area contributed by atoms with E-state index in [1.165, 1.54) is 32.3 Å². The van der Waals surface area contributed by atoms with Gasteiger partial charge in [0.15, 0.2) is 0 Å². The number of carbonyl (C=O) groups excluding carboxylic acids is 1. The normalized spacial score (nSPS) is 11.4.